The molecule has 1 amide bonds. The van der Waals surface area contributed by atoms with Crippen LogP contribution in [-0.2, 0) is 15.6 Å². The van der Waals surface area contributed by atoms with Gasteiger partial charge < -0.3 is 11.1 Å². The summed E-state index contributed by atoms with van der Waals surface area (Å²) in [6.45, 7) is 1.81. The predicted octanol–water partition coefficient (Wildman–Crippen LogP) is 2.46. The summed E-state index contributed by atoms with van der Waals surface area (Å²) in [5, 5.41) is 2.50. The Labute approximate surface area is 124 Å². The van der Waals surface area contributed by atoms with Crippen molar-refractivity contribution in [2.75, 3.05) is 16.8 Å². The van der Waals surface area contributed by atoms with Gasteiger partial charge in [-0.1, -0.05) is 18.2 Å². The standard InChI is InChI=1S/C15H15FN2O2S/c1-10-4-2-7-13(15(10)17)21(20)9-14(19)18-12-6-3-5-11(16)8-12/h2-8H,9,17H2,1H3,(H,18,19). The third-order valence-corrected chi connectivity index (χ3v) is 4.27. The molecule has 0 bridgehead atoms. The molecule has 21 heavy (non-hydrogen) atoms. The lowest BCUT2D eigenvalue weighted by atomic mass is 10.2. The number of anilines is 2. The lowest BCUT2D eigenvalue weighted by Crippen LogP contribution is -2.20. The molecule has 2 rings (SSSR count). The fourth-order valence-electron chi connectivity index (χ4n) is 1.81. The Kier molecular flexibility index (Phi) is 4.70. The fraction of sp³-hybridized carbons (Fsp3) is 0.133. The predicted molar refractivity (Wildman–Crippen MR) is 81.9 cm³/mol. The number of carbonyl (C=O) groups is 1. The van der Waals surface area contributed by atoms with Crippen molar-refractivity contribution in [3.8, 4) is 0 Å². The number of nitrogen functional groups attached to an aromatic ring is 1. The zero-order chi connectivity index (χ0) is 15.4. The van der Waals surface area contributed by atoms with Crippen LogP contribution >= 0.6 is 0 Å². The molecule has 0 aliphatic carbocycles. The van der Waals surface area contributed by atoms with Gasteiger partial charge in [0.25, 0.3) is 0 Å². The SMILES string of the molecule is Cc1cccc(S(=O)CC(=O)Nc2cccc(F)c2)c1N. The topological polar surface area (TPSA) is 72.2 Å². The second-order valence-electron chi connectivity index (χ2n) is 4.54. The number of rotatable bonds is 4. The summed E-state index contributed by atoms with van der Waals surface area (Å²) in [7, 11) is -1.55. The van der Waals surface area contributed by atoms with Crippen LogP contribution in [0.5, 0.6) is 0 Å². The van der Waals surface area contributed by atoms with Gasteiger partial charge >= 0.3 is 0 Å². The second-order valence-corrected chi connectivity index (χ2v) is 5.95. The number of hydrogen-bond donors (Lipinski definition) is 2. The minimum absolute atomic E-state index is 0.232. The molecule has 0 aliphatic rings. The van der Waals surface area contributed by atoms with Crippen LogP contribution in [0.4, 0.5) is 15.8 Å². The van der Waals surface area contributed by atoms with Gasteiger partial charge in [-0.05, 0) is 36.8 Å². The summed E-state index contributed by atoms with van der Waals surface area (Å²) in [5.41, 5.74) is 7.42. The molecular weight excluding hydrogens is 291 g/mol. The lowest BCUT2D eigenvalue weighted by Gasteiger charge is -2.09. The van der Waals surface area contributed by atoms with Gasteiger partial charge in [-0.15, -0.1) is 0 Å². The normalized spacial score (nSPS) is 11.9. The first-order chi connectivity index (χ1) is 9.97. The highest BCUT2D eigenvalue weighted by Crippen LogP contribution is 2.20. The van der Waals surface area contributed by atoms with Crippen molar-refractivity contribution in [1.29, 1.82) is 0 Å². The number of nitrogens with two attached hydrogens (primary N) is 1. The van der Waals surface area contributed by atoms with Gasteiger partial charge in [0.1, 0.15) is 11.6 Å². The van der Waals surface area contributed by atoms with Crippen molar-refractivity contribution in [2.45, 2.75) is 11.8 Å². The average molecular weight is 306 g/mol. The first kappa shape index (κ1) is 15.2. The Morgan fingerprint density at radius 3 is 2.71 bits per heavy atom. The van der Waals surface area contributed by atoms with E-state index in [1.165, 1.54) is 18.2 Å². The second kappa shape index (κ2) is 6.49. The molecular formula is C15H15FN2O2S. The number of amides is 1. The highest BCUT2D eigenvalue weighted by Gasteiger charge is 2.14. The third kappa shape index (κ3) is 3.88. The van der Waals surface area contributed by atoms with Crippen molar-refractivity contribution in [3.63, 3.8) is 0 Å². The molecule has 1 atom stereocenters. The molecule has 2 aromatic carbocycles. The smallest absolute Gasteiger partial charge is 0.237 e. The quantitative estimate of drug-likeness (QED) is 0.852. The average Bonchev–Trinajstić information content (AvgIpc) is 2.41. The van der Waals surface area contributed by atoms with E-state index in [4.69, 9.17) is 5.73 Å². The van der Waals surface area contributed by atoms with Gasteiger partial charge in [0.2, 0.25) is 5.91 Å². The molecule has 0 aromatic heterocycles. The molecule has 0 aliphatic heterocycles. The summed E-state index contributed by atoms with van der Waals surface area (Å²) in [5.74, 6) is -1.14. The summed E-state index contributed by atoms with van der Waals surface area (Å²) < 4.78 is 25.2. The Morgan fingerprint density at radius 2 is 2.00 bits per heavy atom. The van der Waals surface area contributed by atoms with Gasteiger partial charge in [0.15, 0.2) is 0 Å². The van der Waals surface area contributed by atoms with Crippen molar-refractivity contribution < 1.29 is 13.4 Å². The van der Waals surface area contributed by atoms with Crippen LogP contribution < -0.4 is 11.1 Å². The van der Waals surface area contributed by atoms with Gasteiger partial charge in [-0.3, -0.25) is 9.00 Å². The summed E-state index contributed by atoms with van der Waals surface area (Å²) >= 11 is 0. The maximum atomic E-state index is 13.0. The molecule has 0 saturated carbocycles. The molecule has 1 unspecified atom stereocenters. The van der Waals surface area contributed by atoms with Gasteiger partial charge in [-0.25, -0.2) is 4.39 Å². The van der Waals surface area contributed by atoms with Crippen molar-refractivity contribution in [1.82, 2.24) is 0 Å². The Bertz CT molecular complexity index is 704. The van der Waals surface area contributed by atoms with E-state index < -0.39 is 22.5 Å². The maximum Gasteiger partial charge on any atom is 0.237 e. The minimum Gasteiger partial charge on any atom is -0.398 e. The van der Waals surface area contributed by atoms with Crippen LogP contribution in [0, 0.1) is 12.7 Å². The Hall–Kier alpha value is -2.21. The zero-order valence-corrected chi connectivity index (χ0v) is 12.2. The molecule has 0 heterocycles. The highest BCUT2D eigenvalue weighted by atomic mass is 32.2. The first-order valence-electron chi connectivity index (χ1n) is 6.26. The number of hydrogen-bond acceptors (Lipinski definition) is 3. The largest absolute Gasteiger partial charge is 0.398 e. The molecule has 6 heteroatoms. The van der Waals surface area contributed by atoms with E-state index in [1.54, 1.807) is 18.2 Å². The van der Waals surface area contributed by atoms with Crippen molar-refractivity contribution in [2.24, 2.45) is 0 Å². The molecule has 0 spiro atoms. The third-order valence-electron chi connectivity index (χ3n) is 2.90. The number of para-hydroxylation sites is 1. The molecule has 110 valence electrons. The number of benzene rings is 2. The fourth-order valence-corrected chi connectivity index (χ4v) is 2.91. The highest BCUT2D eigenvalue weighted by molar-refractivity contribution is 7.86. The zero-order valence-electron chi connectivity index (χ0n) is 11.4. The number of aryl methyl sites for hydroxylation is 1. The van der Waals surface area contributed by atoms with E-state index >= 15 is 0 Å². The molecule has 3 N–H and O–H groups in total. The Morgan fingerprint density at radius 1 is 1.29 bits per heavy atom. The molecule has 2 aromatic rings. The number of halogens is 1. The van der Waals surface area contributed by atoms with E-state index in [-0.39, 0.29) is 5.75 Å². The van der Waals surface area contributed by atoms with Crippen LogP contribution in [0.25, 0.3) is 0 Å². The minimum atomic E-state index is -1.55. The van der Waals surface area contributed by atoms with Crippen LogP contribution in [0.2, 0.25) is 0 Å². The number of nitrogens with one attached hydrogen (secondary N) is 1. The summed E-state index contributed by atoms with van der Waals surface area (Å²) in [4.78, 5) is 12.3. The van der Waals surface area contributed by atoms with Crippen molar-refractivity contribution >= 4 is 28.1 Å². The monoisotopic (exact) mass is 306 g/mol. The van der Waals surface area contributed by atoms with Gasteiger partial charge in [0, 0.05) is 5.69 Å². The molecule has 0 radical (unpaired) electrons. The van der Waals surface area contributed by atoms with E-state index in [0.717, 1.165) is 5.56 Å². The van der Waals surface area contributed by atoms with E-state index in [0.29, 0.717) is 16.3 Å². The molecule has 0 saturated heterocycles. The lowest BCUT2D eigenvalue weighted by molar-refractivity contribution is -0.113. The van der Waals surface area contributed by atoms with E-state index in [1.807, 2.05) is 13.0 Å². The molecule has 0 fully saturated rings. The summed E-state index contributed by atoms with van der Waals surface area (Å²) in [6.07, 6.45) is 0. The summed E-state index contributed by atoms with van der Waals surface area (Å²) in [6, 6.07) is 10.7. The first-order valence-corrected chi connectivity index (χ1v) is 7.58. The Balaban J connectivity index is 2.06. The van der Waals surface area contributed by atoms with Crippen LogP contribution in [0.15, 0.2) is 47.4 Å². The van der Waals surface area contributed by atoms with Crippen LogP contribution in [0.3, 0.4) is 0 Å². The van der Waals surface area contributed by atoms with E-state index in [9.17, 15) is 13.4 Å². The van der Waals surface area contributed by atoms with Crippen LogP contribution in [0.1, 0.15) is 5.56 Å². The van der Waals surface area contributed by atoms with Crippen LogP contribution in [-0.4, -0.2) is 15.9 Å². The molecule has 4 nitrogen and oxygen atoms in total. The van der Waals surface area contributed by atoms with Gasteiger partial charge in [0.05, 0.1) is 21.4 Å². The maximum absolute atomic E-state index is 13.0. The van der Waals surface area contributed by atoms with Crippen molar-refractivity contribution in [3.05, 3.63) is 53.8 Å². The van der Waals surface area contributed by atoms with Gasteiger partial charge in [-0.2, -0.15) is 0 Å². The van der Waals surface area contributed by atoms with E-state index in [2.05, 4.69) is 5.32 Å². The number of carbonyl (C=O) groups excluding carboxylic acids is 1.